The van der Waals surface area contributed by atoms with Crippen LogP contribution >= 0.6 is 23.2 Å². The van der Waals surface area contributed by atoms with E-state index in [9.17, 15) is 9.59 Å². The zero-order chi connectivity index (χ0) is 29.4. The second-order valence-electron chi connectivity index (χ2n) is 10.2. The van der Waals surface area contributed by atoms with E-state index in [4.69, 9.17) is 37.7 Å². The van der Waals surface area contributed by atoms with Gasteiger partial charge in [-0.25, -0.2) is 9.37 Å². The van der Waals surface area contributed by atoms with Gasteiger partial charge in [0, 0.05) is 33.4 Å². The summed E-state index contributed by atoms with van der Waals surface area (Å²) in [7, 11) is 2.81. The van der Waals surface area contributed by atoms with Gasteiger partial charge in [0.05, 0.1) is 31.2 Å². The highest BCUT2D eigenvalue weighted by molar-refractivity contribution is 6.32. The predicted octanol–water partition coefficient (Wildman–Crippen LogP) is 6.76. The van der Waals surface area contributed by atoms with E-state index in [2.05, 4.69) is 5.32 Å². The van der Waals surface area contributed by atoms with Crippen molar-refractivity contribution in [3.8, 4) is 22.9 Å². The highest BCUT2D eigenvalue weighted by Crippen LogP contribution is 2.55. The summed E-state index contributed by atoms with van der Waals surface area (Å²) in [6.07, 6.45) is 0. The van der Waals surface area contributed by atoms with Crippen LogP contribution in [0.3, 0.4) is 0 Å². The average Bonchev–Trinajstić information content (AvgIpc) is 3.54. The fourth-order valence-corrected chi connectivity index (χ4v) is 6.20. The van der Waals surface area contributed by atoms with E-state index in [1.807, 2.05) is 20.8 Å². The maximum atomic E-state index is 15.0. The van der Waals surface area contributed by atoms with Crippen molar-refractivity contribution >= 4 is 46.4 Å². The van der Waals surface area contributed by atoms with E-state index >= 15 is 4.39 Å². The minimum Gasteiger partial charge on any atom is -0.496 e. The van der Waals surface area contributed by atoms with E-state index in [0.29, 0.717) is 44.0 Å². The number of nitrogens with one attached hydrogen (secondary N) is 1. The van der Waals surface area contributed by atoms with Gasteiger partial charge >= 0.3 is 0 Å². The van der Waals surface area contributed by atoms with Crippen LogP contribution in [0, 0.1) is 12.7 Å². The number of rotatable bonds is 5. The van der Waals surface area contributed by atoms with Crippen LogP contribution in [0.1, 0.15) is 47.2 Å². The first kappa shape index (κ1) is 27.1. The third-order valence-electron chi connectivity index (χ3n) is 7.59. The summed E-state index contributed by atoms with van der Waals surface area (Å²) in [6, 6.07) is 12.6. The number of hydrogen-bond donors (Lipinski definition) is 1. The van der Waals surface area contributed by atoms with Crippen LogP contribution in [0.25, 0.3) is 11.4 Å². The molecule has 0 saturated carbocycles. The zero-order valence-corrected chi connectivity index (χ0v) is 24.3. The number of carbonyl (C=O) groups excluding carboxylic acids is 2. The molecule has 0 radical (unpaired) electrons. The van der Waals surface area contributed by atoms with Gasteiger partial charge in [0.2, 0.25) is 0 Å². The van der Waals surface area contributed by atoms with Crippen LogP contribution in [-0.2, 0) is 10.3 Å². The van der Waals surface area contributed by atoms with Crippen LogP contribution in [0.15, 0.2) is 48.5 Å². The Morgan fingerprint density at radius 2 is 1.66 bits per heavy atom. The third kappa shape index (κ3) is 3.68. The topological polar surface area (TPSA) is 85.7 Å². The van der Waals surface area contributed by atoms with Gasteiger partial charge in [0.1, 0.15) is 11.6 Å². The Balaban J connectivity index is 1.74. The number of carbonyl (C=O) groups is 2. The molecule has 4 aromatic rings. The van der Waals surface area contributed by atoms with Gasteiger partial charge in [-0.3, -0.25) is 14.5 Å². The second-order valence-corrected chi connectivity index (χ2v) is 11.1. The van der Waals surface area contributed by atoms with E-state index in [1.165, 1.54) is 31.3 Å². The van der Waals surface area contributed by atoms with Crippen LogP contribution in [0.4, 0.5) is 15.8 Å². The molecule has 1 spiro atoms. The highest BCUT2D eigenvalue weighted by atomic mass is 35.5. The van der Waals surface area contributed by atoms with Crippen LogP contribution in [0.2, 0.25) is 10.0 Å². The van der Waals surface area contributed by atoms with Gasteiger partial charge in [-0.1, -0.05) is 35.3 Å². The van der Waals surface area contributed by atoms with E-state index in [1.54, 1.807) is 41.0 Å². The number of fused-ring (bicyclic) bond motifs is 4. The molecule has 1 aromatic heterocycles. The monoisotopic (exact) mass is 594 g/mol. The fourth-order valence-electron chi connectivity index (χ4n) is 5.86. The summed E-state index contributed by atoms with van der Waals surface area (Å²) in [6.45, 7) is 5.64. The molecule has 41 heavy (non-hydrogen) atoms. The maximum Gasteiger partial charge on any atom is 0.280 e. The lowest BCUT2D eigenvalue weighted by Gasteiger charge is -2.36. The normalized spacial score (nSPS) is 17.3. The van der Waals surface area contributed by atoms with Crippen molar-refractivity contribution in [2.24, 2.45) is 0 Å². The number of imidazole rings is 1. The molecule has 0 saturated heterocycles. The van der Waals surface area contributed by atoms with Crippen molar-refractivity contribution < 1.29 is 23.5 Å². The average molecular weight is 595 g/mol. The third-order valence-corrected chi connectivity index (χ3v) is 8.06. The Labute approximate surface area is 245 Å². The zero-order valence-electron chi connectivity index (χ0n) is 22.8. The van der Waals surface area contributed by atoms with Crippen molar-refractivity contribution in [2.75, 3.05) is 24.4 Å². The number of benzene rings is 3. The molecule has 2 amide bonds. The largest absolute Gasteiger partial charge is 0.496 e. The van der Waals surface area contributed by atoms with Crippen LogP contribution in [0.5, 0.6) is 11.5 Å². The van der Waals surface area contributed by atoms with Crippen molar-refractivity contribution in [1.29, 1.82) is 0 Å². The first-order valence-electron chi connectivity index (χ1n) is 12.8. The molecular formula is C30H25Cl2FN4O4. The Morgan fingerprint density at radius 1 is 0.976 bits per heavy atom. The van der Waals surface area contributed by atoms with Gasteiger partial charge in [-0.15, -0.1) is 0 Å². The molecule has 2 aliphatic rings. The van der Waals surface area contributed by atoms with Crippen LogP contribution < -0.4 is 19.7 Å². The molecule has 0 fully saturated rings. The van der Waals surface area contributed by atoms with Crippen molar-refractivity contribution in [2.45, 2.75) is 32.4 Å². The standard InChI is InChI=1S/C30H25Cl2FN4O4/c1-14(2)36-26-25(35-27(36)18-12-20(33)24(41-5)13-23(18)40-4)28(38)37(22-11-17(32)7-6-15(22)3)30(26)19-9-8-16(31)10-21(19)34-29(30)39/h6-14H,1-5H3,(H,34,39)/t30-/m1/s1. The number of hydrogen-bond acceptors (Lipinski definition) is 5. The summed E-state index contributed by atoms with van der Waals surface area (Å²) >= 11 is 12.7. The second kappa shape index (κ2) is 9.49. The van der Waals surface area contributed by atoms with Gasteiger partial charge in [0.15, 0.2) is 22.8 Å². The molecule has 2 aliphatic heterocycles. The number of amides is 2. The molecular weight excluding hydrogens is 570 g/mol. The first-order valence-corrected chi connectivity index (χ1v) is 13.6. The maximum absolute atomic E-state index is 15.0. The van der Waals surface area contributed by atoms with Crippen molar-refractivity contribution in [3.63, 3.8) is 0 Å². The molecule has 8 nitrogen and oxygen atoms in total. The smallest absolute Gasteiger partial charge is 0.280 e. The lowest BCUT2D eigenvalue weighted by Crippen LogP contribution is -2.51. The predicted molar refractivity (Wildman–Crippen MR) is 155 cm³/mol. The number of methoxy groups -OCH3 is 2. The van der Waals surface area contributed by atoms with Crippen molar-refractivity contribution in [3.05, 3.63) is 86.9 Å². The molecule has 0 unspecified atom stereocenters. The van der Waals surface area contributed by atoms with Gasteiger partial charge in [-0.05, 0) is 56.7 Å². The minimum absolute atomic E-state index is 0.00285. The number of nitrogens with zero attached hydrogens (tertiary/aromatic N) is 3. The van der Waals surface area contributed by atoms with E-state index in [-0.39, 0.29) is 23.3 Å². The Kier molecular flexibility index (Phi) is 6.28. The fraction of sp³-hybridized carbons (Fsp3) is 0.233. The van der Waals surface area contributed by atoms with Crippen LogP contribution in [-0.4, -0.2) is 35.6 Å². The summed E-state index contributed by atoms with van der Waals surface area (Å²) in [4.78, 5) is 35.0. The Bertz CT molecular complexity index is 1790. The summed E-state index contributed by atoms with van der Waals surface area (Å²) in [5.74, 6) is -1.02. The molecule has 3 heterocycles. The highest BCUT2D eigenvalue weighted by Gasteiger charge is 2.64. The Hall–Kier alpha value is -4.08. The summed E-state index contributed by atoms with van der Waals surface area (Å²) in [5.41, 5.74) is 1.25. The first-order chi connectivity index (χ1) is 19.5. The number of halogens is 3. The number of anilines is 2. The molecule has 1 N–H and O–H groups in total. The molecule has 11 heteroatoms. The lowest BCUT2D eigenvalue weighted by atomic mass is 9.86. The summed E-state index contributed by atoms with van der Waals surface area (Å²) in [5, 5.41) is 3.76. The van der Waals surface area contributed by atoms with Gasteiger partial charge in [-0.2, -0.15) is 0 Å². The minimum atomic E-state index is -1.66. The number of aryl methyl sites for hydroxylation is 1. The SMILES string of the molecule is COc1cc(OC)c(-c2nc3c(n2C(C)C)[C@]2(C(=O)Nc4cc(Cl)ccc42)N(c2cc(Cl)ccc2C)C3=O)cc1F. The van der Waals surface area contributed by atoms with Crippen molar-refractivity contribution in [1.82, 2.24) is 9.55 Å². The molecule has 0 bridgehead atoms. The number of aromatic nitrogens is 2. The quantitative estimate of drug-likeness (QED) is 0.276. The molecule has 6 rings (SSSR count). The lowest BCUT2D eigenvalue weighted by molar-refractivity contribution is -0.119. The summed E-state index contributed by atoms with van der Waals surface area (Å²) < 4.78 is 27.6. The number of ether oxygens (including phenoxy) is 2. The Morgan fingerprint density at radius 3 is 2.34 bits per heavy atom. The van der Waals surface area contributed by atoms with E-state index in [0.717, 1.165) is 5.56 Å². The molecule has 3 aromatic carbocycles. The molecule has 1 atom stereocenters. The van der Waals surface area contributed by atoms with Gasteiger partial charge < -0.3 is 19.4 Å². The molecule has 0 aliphatic carbocycles. The molecule has 210 valence electrons. The van der Waals surface area contributed by atoms with E-state index < -0.39 is 23.2 Å². The van der Waals surface area contributed by atoms with Gasteiger partial charge in [0.25, 0.3) is 11.8 Å².